The first-order valence-corrected chi connectivity index (χ1v) is 9.99. The zero-order valence-corrected chi connectivity index (χ0v) is 17.5. The van der Waals surface area contributed by atoms with Gasteiger partial charge in [0.15, 0.2) is 0 Å². The minimum Gasteiger partial charge on any atom is -0.358 e. The van der Waals surface area contributed by atoms with E-state index in [1.807, 2.05) is 0 Å². The fraction of sp³-hybridized carbons (Fsp3) is 0.429. The van der Waals surface area contributed by atoms with Crippen LogP contribution in [0, 0.1) is 0 Å². The summed E-state index contributed by atoms with van der Waals surface area (Å²) in [7, 11) is 6.87. The SMILES string of the molecule is CN1B(C2(C)C=CC=C2)N(C)B(C2(C)C=CC=C2)N(C)B1C1(C)C=CC=C1. The molecule has 1 heterocycles. The molecular weight excluding hydrogens is 327 g/mol. The summed E-state index contributed by atoms with van der Waals surface area (Å²) in [6, 6.07) is 0. The van der Waals surface area contributed by atoms with E-state index in [1.54, 1.807) is 0 Å². The van der Waals surface area contributed by atoms with Crippen molar-refractivity contribution < 1.29 is 0 Å². The molecule has 3 nitrogen and oxygen atoms in total. The zero-order valence-electron chi connectivity index (χ0n) is 17.5. The Hall–Kier alpha value is -1.49. The third-order valence-corrected chi connectivity index (χ3v) is 7.05. The molecule has 3 aliphatic carbocycles. The first-order valence-electron chi connectivity index (χ1n) is 9.99. The molecule has 0 aromatic heterocycles. The lowest BCUT2D eigenvalue weighted by atomic mass is 9.28. The van der Waals surface area contributed by atoms with Crippen molar-refractivity contribution in [3.05, 3.63) is 72.9 Å². The number of allylic oxidation sites excluding steroid dienone is 12. The highest BCUT2D eigenvalue weighted by Gasteiger charge is 2.61. The van der Waals surface area contributed by atoms with Crippen LogP contribution >= 0.6 is 0 Å². The fourth-order valence-electron chi connectivity index (χ4n) is 6.16. The van der Waals surface area contributed by atoms with Crippen molar-refractivity contribution >= 4 is 20.9 Å². The zero-order chi connectivity index (χ0) is 19.4. The Bertz CT molecular complexity index is 642. The monoisotopic (exact) mass is 357 g/mol. The van der Waals surface area contributed by atoms with E-state index in [-0.39, 0.29) is 36.9 Å². The lowest BCUT2D eigenvalue weighted by molar-refractivity contribution is 0.475. The van der Waals surface area contributed by atoms with E-state index in [1.165, 1.54) is 0 Å². The molecule has 0 aromatic rings. The van der Waals surface area contributed by atoms with Crippen LogP contribution < -0.4 is 0 Å². The van der Waals surface area contributed by atoms with Crippen molar-refractivity contribution in [2.75, 3.05) is 21.1 Å². The molecule has 0 N–H and O–H groups in total. The second-order valence-corrected chi connectivity index (χ2v) is 9.37. The Kier molecular flexibility index (Phi) is 4.38. The van der Waals surface area contributed by atoms with Gasteiger partial charge < -0.3 is 14.2 Å². The van der Waals surface area contributed by atoms with Gasteiger partial charge in [0.25, 0.3) is 0 Å². The smallest absolute Gasteiger partial charge is 0.304 e. The third kappa shape index (κ3) is 2.73. The van der Waals surface area contributed by atoms with Crippen LogP contribution in [0.3, 0.4) is 0 Å². The van der Waals surface area contributed by atoms with E-state index in [0.29, 0.717) is 0 Å². The van der Waals surface area contributed by atoms with E-state index in [4.69, 9.17) is 0 Å². The van der Waals surface area contributed by atoms with Gasteiger partial charge in [0, 0.05) is 15.9 Å². The average molecular weight is 357 g/mol. The molecule has 0 saturated carbocycles. The Morgan fingerprint density at radius 1 is 0.444 bits per heavy atom. The summed E-state index contributed by atoms with van der Waals surface area (Å²) in [5.41, 5.74) is 0. The summed E-state index contributed by atoms with van der Waals surface area (Å²) in [4.78, 5) is 0. The highest BCUT2D eigenvalue weighted by atomic mass is 15.3. The number of hydrogen-bond acceptors (Lipinski definition) is 3. The first-order chi connectivity index (χ1) is 12.7. The highest BCUT2D eigenvalue weighted by molar-refractivity contribution is 6.89. The first kappa shape index (κ1) is 18.9. The van der Waals surface area contributed by atoms with Crippen LogP contribution in [0.4, 0.5) is 0 Å². The van der Waals surface area contributed by atoms with Crippen LogP contribution in [-0.2, 0) is 0 Å². The van der Waals surface area contributed by atoms with Gasteiger partial charge in [-0.15, -0.1) is 0 Å². The van der Waals surface area contributed by atoms with Crippen molar-refractivity contribution in [2.24, 2.45) is 0 Å². The van der Waals surface area contributed by atoms with Crippen molar-refractivity contribution in [3.63, 3.8) is 0 Å². The molecule has 0 radical (unpaired) electrons. The predicted octanol–water partition coefficient (Wildman–Crippen LogP) is 3.92. The maximum Gasteiger partial charge on any atom is 0.304 e. The van der Waals surface area contributed by atoms with Gasteiger partial charge in [0.05, 0.1) is 0 Å². The minimum absolute atomic E-state index is 0.00789. The molecule has 1 aliphatic heterocycles. The summed E-state index contributed by atoms with van der Waals surface area (Å²) in [6.45, 7) is 7.90. The highest BCUT2D eigenvalue weighted by Crippen LogP contribution is 2.50. The summed E-state index contributed by atoms with van der Waals surface area (Å²) in [5.74, 6) is 0. The minimum atomic E-state index is -0.00789. The molecule has 0 bridgehead atoms. The summed E-state index contributed by atoms with van der Waals surface area (Å²) < 4.78 is 7.72. The molecule has 4 aliphatic rings. The Morgan fingerprint density at radius 2 is 0.630 bits per heavy atom. The summed E-state index contributed by atoms with van der Waals surface area (Å²) >= 11 is 0. The number of hydrogen-bond donors (Lipinski definition) is 0. The molecule has 4 rings (SSSR count). The topological polar surface area (TPSA) is 9.72 Å². The van der Waals surface area contributed by atoms with Gasteiger partial charge in [-0.2, -0.15) is 0 Å². The van der Waals surface area contributed by atoms with Crippen molar-refractivity contribution in [3.8, 4) is 0 Å². The molecule has 0 aromatic carbocycles. The Morgan fingerprint density at radius 3 is 0.815 bits per heavy atom. The van der Waals surface area contributed by atoms with E-state index < -0.39 is 0 Å². The van der Waals surface area contributed by atoms with Crippen LogP contribution in [0.15, 0.2) is 72.9 Å². The van der Waals surface area contributed by atoms with Gasteiger partial charge in [0.1, 0.15) is 0 Å². The van der Waals surface area contributed by atoms with Crippen molar-refractivity contribution in [2.45, 2.75) is 36.7 Å². The maximum atomic E-state index is 2.57. The molecule has 0 atom stereocenters. The lowest BCUT2D eigenvalue weighted by Crippen LogP contribution is -2.80. The molecule has 0 unspecified atom stereocenters. The normalized spacial score (nSPS) is 28.4. The fourth-order valence-corrected chi connectivity index (χ4v) is 6.16. The number of rotatable bonds is 3. The van der Waals surface area contributed by atoms with Crippen LogP contribution in [0.2, 0.25) is 15.9 Å². The predicted molar refractivity (Wildman–Crippen MR) is 120 cm³/mol. The Balaban J connectivity index is 1.83. The van der Waals surface area contributed by atoms with Gasteiger partial charge in [-0.3, -0.25) is 0 Å². The molecular formula is C21H30B3N3. The van der Waals surface area contributed by atoms with Crippen molar-refractivity contribution in [1.29, 1.82) is 0 Å². The van der Waals surface area contributed by atoms with Gasteiger partial charge in [-0.1, -0.05) is 93.7 Å². The van der Waals surface area contributed by atoms with Gasteiger partial charge >= 0.3 is 20.9 Å². The average Bonchev–Trinajstić information content (AvgIpc) is 3.30. The largest absolute Gasteiger partial charge is 0.358 e. The van der Waals surface area contributed by atoms with E-state index in [2.05, 4.69) is 129 Å². The second-order valence-electron chi connectivity index (χ2n) is 9.37. The number of nitrogens with zero attached hydrogens (tertiary/aromatic N) is 3. The van der Waals surface area contributed by atoms with E-state index in [9.17, 15) is 0 Å². The van der Waals surface area contributed by atoms with Gasteiger partial charge in [0.2, 0.25) is 0 Å². The summed E-state index contributed by atoms with van der Waals surface area (Å²) in [6.07, 6.45) is 27.3. The molecule has 27 heavy (non-hydrogen) atoms. The Labute approximate surface area is 166 Å². The molecule has 138 valence electrons. The van der Waals surface area contributed by atoms with Gasteiger partial charge in [-0.25, -0.2) is 0 Å². The molecule has 0 spiro atoms. The summed E-state index contributed by atoms with van der Waals surface area (Å²) in [5, 5.41) is -0.0237. The van der Waals surface area contributed by atoms with Crippen LogP contribution in [0.25, 0.3) is 0 Å². The molecule has 1 fully saturated rings. The second kappa shape index (κ2) is 6.27. The molecule has 6 heteroatoms. The molecule has 0 amide bonds. The van der Waals surface area contributed by atoms with Crippen LogP contribution in [0.1, 0.15) is 20.8 Å². The van der Waals surface area contributed by atoms with Crippen LogP contribution in [-0.4, -0.2) is 56.3 Å². The maximum absolute atomic E-state index is 2.57. The van der Waals surface area contributed by atoms with Crippen LogP contribution in [0.5, 0.6) is 0 Å². The van der Waals surface area contributed by atoms with Gasteiger partial charge in [-0.05, 0) is 21.1 Å². The van der Waals surface area contributed by atoms with Crippen molar-refractivity contribution in [1.82, 2.24) is 14.2 Å². The van der Waals surface area contributed by atoms with E-state index >= 15 is 0 Å². The molecule has 1 saturated heterocycles. The quantitative estimate of drug-likeness (QED) is 0.710. The van der Waals surface area contributed by atoms with E-state index in [0.717, 1.165) is 0 Å². The standard InChI is InChI=1S/C21H30B3N3/c1-19(13-7-8-14-19)22-25(4)23(20(2)15-9-10-16-20)27(6)24(26(22)5)21(3)17-11-12-18-21/h7-18H,1-6H3. The third-order valence-electron chi connectivity index (χ3n) is 7.05. The lowest BCUT2D eigenvalue weighted by Gasteiger charge is -2.59.